The average Bonchev–Trinajstić information content (AvgIpc) is 3.07. The first-order chi connectivity index (χ1) is 6.92. The number of aromatic nitrogens is 2. The predicted octanol–water partition coefficient (Wildman–Crippen LogP) is 2.63. The summed E-state index contributed by atoms with van der Waals surface area (Å²) in [4.78, 5) is 4.49. The fraction of sp³-hybridized carbons (Fsp3) is 0.800. The molecule has 2 fully saturated rings. The fourth-order valence-corrected chi connectivity index (χ4v) is 2.27. The molecule has 4 heteroatoms. The lowest BCUT2D eigenvalue weighted by Crippen LogP contribution is -2.01. The number of hydrogen-bond donors (Lipinski definition) is 1. The van der Waals surface area contributed by atoms with Crippen LogP contribution < -0.4 is 5.32 Å². The van der Waals surface area contributed by atoms with Crippen molar-refractivity contribution in [3.63, 3.8) is 0 Å². The summed E-state index contributed by atoms with van der Waals surface area (Å²) in [7, 11) is 0. The van der Waals surface area contributed by atoms with Gasteiger partial charge in [0.15, 0.2) is 0 Å². The Morgan fingerprint density at radius 1 is 1.29 bits per heavy atom. The number of rotatable bonds is 5. The second-order valence-corrected chi connectivity index (χ2v) is 5.14. The van der Waals surface area contributed by atoms with E-state index in [-0.39, 0.29) is 0 Å². The van der Waals surface area contributed by atoms with E-state index >= 15 is 0 Å². The topological polar surface area (TPSA) is 37.8 Å². The Morgan fingerprint density at radius 3 is 2.86 bits per heavy atom. The molecule has 0 bridgehead atoms. The highest BCUT2D eigenvalue weighted by molar-refractivity contribution is 7.09. The Bertz CT molecular complexity index is 315. The van der Waals surface area contributed by atoms with Crippen LogP contribution in [0.25, 0.3) is 0 Å². The molecule has 3 nitrogen and oxygen atoms in total. The van der Waals surface area contributed by atoms with Gasteiger partial charge in [0.05, 0.1) is 0 Å². The second-order valence-electron chi connectivity index (χ2n) is 4.39. The van der Waals surface area contributed by atoms with E-state index in [0.29, 0.717) is 5.92 Å². The summed E-state index contributed by atoms with van der Waals surface area (Å²) in [6.07, 6.45) is 6.76. The zero-order valence-corrected chi connectivity index (χ0v) is 9.02. The molecule has 0 radical (unpaired) electrons. The molecule has 0 unspecified atom stereocenters. The molecule has 76 valence electrons. The molecule has 2 saturated carbocycles. The van der Waals surface area contributed by atoms with E-state index in [2.05, 4.69) is 14.7 Å². The van der Waals surface area contributed by atoms with Crippen molar-refractivity contribution in [3.05, 3.63) is 5.82 Å². The highest BCUT2D eigenvalue weighted by Crippen LogP contribution is 2.39. The molecule has 0 spiro atoms. The monoisotopic (exact) mass is 209 g/mol. The maximum absolute atomic E-state index is 4.49. The van der Waals surface area contributed by atoms with E-state index in [9.17, 15) is 0 Å². The van der Waals surface area contributed by atoms with Crippen molar-refractivity contribution < 1.29 is 0 Å². The van der Waals surface area contributed by atoms with Crippen molar-refractivity contribution in [1.29, 1.82) is 0 Å². The molecule has 0 aliphatic heterocycles. The van der Waals surface area contributed by atoms with Gasteiger partial charge in [0, 0.05) is 24.0 Å². The molecular formula is C10H15N3S. The summed E-state index contributed by atoms with van der Waals surface area (Å²) in [5, 5.41) is 4.38. The molecule has 0 aromatic carbocycles. The third kappa shape index (κ3) is 2.05. The van der Waals surface area contributed by atoms with Crippen LogP contribution in [-0.2, 0) is 0 Å². The second kappa shape index (κ2) is 3.50. The van der Waals surface area contributed by atoms with Crippen molar-refractivity contribution in [2.24, 2.45) is 5.92 Å². The molecule has 0 saturated heterocycles. The van der Waals surface area contributed by atoms with Gasteiger partial charge < -0.3 is 5.32 Å². The Hall–Kier alpha value is -0.640. The maximum Gasteiger partial charge on any atom is 0.202 e. The van der Waals surface area contributed by atoms with Crippen molar-refractivity contribution in [2.45, 2.75) is 38.0 Å². The van der Waals surface area contributed by atoms with Gasteiger partial charge in [0.25, 0.3) is 0 Å². The Kier molecular flexibility index (Phi) is 2.16. The van der Waals surface area contributed by atoms with Crippen LogP contribution in [0.2, 0.25) is 0 Å². The molecule has 2 aliphatic rings. The molecular weight excluding hydrogens is 194 g/mol. The minimum atomic E-state index is 0.685. The largest absolute Gasteiger partial charge is 0.360 e. The van der Waals surface area contributed by atoms with E-state index in [1.807, 2.05) is 0 Å². The van der Waals surface area contributed by atoms with Gasteiger partial charge in [0.2, 0.25) is 5.13 Å². The lowest BCUT2D eigenvalue weighted by molar-refractivity contribution is 0.759. The van der Waals surface area contributed by atoms with Gasteiger partial charge in [-0.2, -0.15) is 4.37 Å². The first-order valence-electron chi connectivity index (χ1n) is 5.49. The molecule has 1 heterocycles. The summed E-state index contributed by atoms with van der Waals surface area (Å²) >= 11 is 1.52. The van der Waals surface area contributed by atoms with Gasteiger partial charge >= 0.3 is 0 Å². The van der Waals surface area contributed by atoms with Crippen LogP contribution >= 0.6 is 11.5 Å². The van der Waals surface area contributed by atoms with Gasteiger partial charge in [-0.05, 0) is 25.2 Å². The van der Waals surface area contributed by atoms with Crippen LogP contribution in [0.5, 0.6) is 0 Å². The summed E-state index contributed by atoms with van der Waals surface area (Å²) in [5.41, 5.74) is 0. The minimum absolute atomic E-state index is 0.685. The number of anilines is 1. The quantitative estimate of drug-likeness (QED) is 0.810. The summed E-state index contributed by atoms with van der Waals surface area (Å²) in [6.45, 7) is 1.07. The molecule has 3 rings (SSSR count). The highest BCUT2D eigenvalue weighted by Gasteiger charge is 2.27. The summed E-state index contributed by atoms with van der Waals surface area (Å²) in [6, 6.07) is 0. The van der Waals surface area contributed by atoms with Crippen molar-refractivity contribution in [2.75, 3.05) is 11.9 Å². The van der Waals surface area contributed by atoms with Gasteiger partial charge in [-0.15, -0.1) is 0 Å². The van der Waals surface area contributed by atoms with E-state index < -0.39 is 0 Å². The number of hydrogen-bond acceptors (Lipinski definition) is 4. The SMILES string of the molecule is C(CC1CC1)Nc1nc(C2CC2)ns1. The van der Waals surface area contributed by atoms with Crippen LogP contribution in [0, 0.1) is 5.92 Å². The van der Waals surface area contributed by atoms with Crippen molar-refractivity contribution in [1.82, 2.24) is 9.36 Å². The average molecular weight is 209 g/mol. The van der Waals surface area contributed by atoms with Crippen LogP contribution in [0.15, 0.2) is 0 Å². The van der Waals surface area contributed by atoms with E-state index in [1.54, 1.807) is 0 Å². The first-order valence-corrected chi connectivity index (χ1v) is 6.26. The van der Waals surface area contributed by atoms with Crippen LogP contribution in [0.1, 0.15) is 43.8 Å². The van der Waals surface area contributed by atoms with Crippen LogP contribution in [0.3, 0.4) is 0 Å². The molecule has 14 heavy (non-hydrogen) atoms. The van der Waals surface area contributed by atoms with Gasteiger partial charge in [-0.1, -0.05) is 12.8 Å². The first kappa shape index (κ1) is 8.65. The van der Waals surface area contributed by atoms with E-state index in [1.165, 1.54) is 43.6 Å². The van der Waals surface area contributed by atoms with Crippen LogP contribution in [-0.4, -0.2) is 15.9 Å². The zero-order valence-electron chi connectivity index (χ0n) is 8.20. The van der Waals surface area contributed by atoms with Gasteiger partial charge in [-0.3, -0.25) is 0 Å². The van der Waals surface area contributed by atoms with Gasteiger partial charge in [0.1, 0.15) is 5.82 Å². The maximum atomic E-state index is 4.49. The predicted molar refractivity (Wildman–Crippen MR) is 57.7 cm³/mol. The molecule has 2 aliphatic carbocycles. The standard InChI is InChI=1S/C10H15N3S/c1-2-7(1)5-6-11-10-12-9(13-14-10)8-3-4-8/h7-8H,1-6H2,(H,11,12,13). The molecule has 0 atom stereocenters. The molecule has 1 aromatic rings. The Labute approximate surface area is 88.1 Å². The third-order valence-electron chi connectivity index (χ3n) is 2.91. The normalized spacial score (nSPS) is 21.1. The molecule has 1 aromatic heterocycles. The Balaban J connectivity index is 1.49. The lowest BCUT2D eigenvalue weighted by atomic mass is 10.3. The highest BCUT2D eigenvalue weighted by atomic mass is 32.1. The Morgan fingerprint density at radius 2 is 2.14 bits per heavy atom. The molecule has 1 N–H and O–H groups in total. The van der Waals surface area contributed by atoms with Crippen molar-refractivity contribution >= 4 is 16.7 Å². The smallest absolute Gasteiger partial charge is 0.202 e. The lowest BCUT2D eigenvalue weighted by Gasteiger charge is -1.98. The van der Waals surface area contributed by atoms with Crippen LogP contribution in [0.4, 0.5) is 5.13 Å². The number of nitrogens with one attached hydrogen (secondary N) is 1. The van der Waals surface area contributed by atoms with Crippen molar-refractivity contribution in [3.8, 4) is 0 Å². The van der Waals surface area contributed by atoms with E-state index in [0.717, 1.165) is 23.4 Å². The van der Waals surface area contributed by atoms with E-state index in [4.69, 9.17) is 0 Å². The molecule has 0 amide bonds. The third-order valence-corrected chi connectivity index (χ3v) is 3.60. The minimum Gasteiger partial charge on any atom is -0.360 e. The number of nitrogens with zero attached hydrogens (tertiary/aromatic N) is 2. The summed E-state index contributed by atoms with van der Waals surface area (Å²) < 4.78 is 4.36. The van der Waals surface area contributed by atoms with Gasteiger partial charge in [-0.25, -0.2) is 4.98 Å². The summed E-state index contributed by atoms with van der Waals surface area (Å²) in [5.74, 6) is 2.76. The fourth-order valence-electron chi connectivity index (χ4n) is 1.60. The zero-order chi connectivity index (χ0) is 9.38.